The number of hydrogen-bond donors (Lipinski definition) is 1. The molecule has 1 saturated heterocycles. The maximum Gasteiger partial charge on any atom is 0.337 e. The summed E-state index contributed by atoms with van der Waals surface area (Å²) in [6.45, 7) is 1.64. The zero-order valence-electron chi connectivity index (χ0n) is 14.4. The first kappa shape index (κ1) is 18.7. The molecule has 140 valence electrons. The summed E-state index contributed by atoms with van der Waals surface area (Å²) in [6, 6.07) is 5.16. The summed E-state index contributed by atoms with van der Waals surface area (Å²) < 4.78 is 28.5. The number of amides is 2. The molecule has 1 aromatic carbocycles. The number of carbonyl (C=O) groups excluding carboxylic acids is 2. The minimum absolute atomic E-state index is 0.0307. The molecule has 0 spiro atoms. The first-order chi connectivity index (χ1) is 12.2. The van der Waals surface area contributed by atoms with E-state index in [1.807, 2.05) is 0 Å². The van der Waals surface area contributed by atoms with E-state index in [0.717, 1.165) is 0 Å². The van der Waals surface area contributed by atoms with Crippen LogP contribution in [0.3, 0.4) is 0 Å². The first-order valence-electron chi connectivity index (χ1n) is 8.08. The molecule has 2 aliphatic rings. The zero-order chi connectivity index (χ0) is 19.1. The van der Waals surface area contributed by atoms with E-state index >= 15 is 0 Å². The summed E-state index contributed by atoms with van der Waals surface area (Å²) in [6.07, 6.45) is 0.340. The van der Waals surface area contributed by atoms with Gasteiger partial charge in [0.05, 0.1) is 36.3 Å². The third-order valence-corrected chi connectivity index (χ3v) is 6.71. The summed E-state index contributed by atoms with van der Waals surface area (Å²) in [4.78, 5) is 26.5. The van der Waals surface area contributed by atoms with Crippen molar-refractivity contribution in [3.05, 3.63) is 46.1 Å². The minimum atomic E-state index is -3.18. The maximum atomic E-state index is 12.7. The summed E-state index contributed by atoms with van der Waals surface area (Å²) >= 11 is 5.91. The van der Waals surface area contributed by atoms with Crippen LogP contribution >= 0.6 is 11.6 Å². The van der Waals surface area contributed by atoms with E-state index in [0.29, 0.717) is 22.7 Å². The second kappa shape index (κ2) is 6.92. The van der Waals surface area contributed by atoms with Crippen molar-refractivity contribution in [1.29, 1.82) is 0 Å². The van der Waals surface area contributed by atoms with E-state index in [4.69, 9.17) is 16.3 Å². The number of nitrogens with zero attached hydrogens (tertiary/aromatic N) is 1. The monoisotopic (exact) mass is 398 g/mol. The molecule has 0 bridgehead atoms. The van der Waals surface area contributed by atoms with Crippen LogP contribution in [-0.2, 0) is 19.4 Å². The van der Waals surface area contributed by atoms with Gasteiger partial charge in [-0.3, -0.25) is 4.90 Å². The Bertz CT molecular complexity index is 879. The van der Waals surface area contributed by atoms with Crippen LogP contribution in [0.25, 0.3) is 0 Å². The molecule has 2 heterocycles. The number of esters is 1. The zero-order valence-corrected chi connectivity index (χ0v) is 15.9. The molecule has 1 aromatic rings. The number of methoxy groups -OCH3 is 1. The number of halogens is 1. The third kappa shape index (κ3) is 3.43. The fraction of sp³-hybridized carbons (Fsp3) is 0.412. The molecule has 0 aliphatic carbocycles. The molecule has 0 aromatic heterocycles. The Morgan fingerprint density at radius 3 is 2.50 bits per heavy atom. The third-order valence-electron chi connectivity index (χ3n) is 4.71. The molecule has 2 aliphatic heterocycles. The second-order valence-electron chi connectivity index (χ2n) is 6.35. The van der Waals surface area contributed by atoms with Gasteiger partial charge in [-0.25, -0.2) is 18.0 Å². The van der Waals surface area contributed by atoms with Crippen LogP contribution in [0.4, 0.5) is 4.79 Å². The Kier molecular flexibility index (Phi) is 4.98. The molecular weight excluding hydrogens is 380 g/mol. The van der Waals surface area contributed by atoms with Crippen molar-refractivity contribution < 1.29 is 22.7 Å². The molecular formula is C17H19ClN2O5S. The Hall–Kier alpha value is -2.06. The van der Waals surface area contributed by atoms with Gasteiger partial charge in [0.1, 0.15) is 0 Å². The van der Waals surface area contributed by atoms with Crippen molar-refractivity contribution in [3.63, 3.8) is 0 Å². The van der Waals surface area contributed by atoms with Crippen molar-refractivity contribution in [2.75, 3.05) is 18.6 Å². The van der Waals surface area contributed by atoms with Gasteiger partial charge in [0.25, 0.3) is 0 Å². The molecule has 2 amide bonds. The highest BCUT2D eigenvalue weighted by molar-refractivity contribution is 7.91. The summed E-state index contributed by atoms with van der Waals surface area (Å²) in [5.74, 6) is -0.658. The summed E-state index contributed by atoms with van der Waals surface area (Å²) in [7, 11) is -1.91. The van der Waals surface area contributed by atoms with Crippen molar-refractivity contribution >= 4 is 33.4 Å². The number of sulfone groups is 1. The van der Waals surface area contributed by atoms with Crippen molar-refractivity contribution in [1.82, 2.24) is 10.2 Å². The van der Waals surface area contributed by atoms with Gasteiger partial charge in [-0.2, -0.15) is 0 Å². The van der Waals surface area contributed by atoms with Crippen LogP contribution in [0.1, 0.15) is 24.9 Å². The molecule has 1 fully saturated rings. The van der Waals surface area contributed by atoms with Gasteiger partial charge in [0, 0.05) is 10.7 Å². The highest BCUT2D eigenvalue weighted by Crippen LogP contribution is 2.34. The van der Waals surface area contributed by atoms with Crippen molar-refractivity contribution in [2.24, 2.45) is 0 Å². The van der Waals surface area contributed by atoms with Gasteiger partial charge in [-0.05, 0) is 31.0 Å². The van der Waals surface area contributed by atoms with Gasteiger partial charge < -0.3 is 10.1 Å². The number of benzene rings is 1. The van der Waals surface area contributed by atoms with E-state index in [1.165, 1.54) is 12.0 Å². The first-order valence-corrected chi connectivity index (χ1v) is 10.3. The largest absolute Gasteiger partial charge is 0.466 e. The lowest BCUT2D eigenvalue weighted by atomic mass is 9.94. The number of hydrogen-bond acceptors (Lipinski definition) is 5. The Balaban J connectivity index is 2.05. The standard InChI is InChI=1S/C17H19ClN2O5S/c1-10-14(16(21)25-2)15(11-3-5-12(18)6-4-11)19-17(22)20(10)13-7-8-26(23,24)9-13/h3-6,13,15H,7-9H2,1-2H3,(H,19,22)/t13-,15-/m1/s1. The molecule has 0 unspecified atom stereocenters. The lowest BCUT2D eigenvalue weighted by molar-refractivity contribution is -0.136. The normalized spacial score (nSPS) is 25.2. The van der Waals surface area contributed by atoms with Gasteiger partial charge in [-0.1, -0.05) is 23.7 Å². The molecule has 7 nitrogen and oxygen atoms in total. The number of carbonyl (C=O) groups is 2. The number of rotatable bonds is 3. The quantitative estimate of drug-likeness (QED) is 0.786. The van der Waals surface area contributed by atoms with Crippen LogP contribution in [0.5, 0.6) is 0 Å². The minimum Gasteiger partial charge on any atom is -0.466 e. The number of ether oxygens (including phenoxy) is 1. The van der Waals surface area contributed by atoms with Crippen molar-refractivity contribution in [2.45, 2.75) is 25.4 Å². The maximum absolute atomic E-state index is 12.7. The fourth-order valence-corrected chi connectivity index (χ4v) is 5.28. The highest BCUT2D eigenvalue weighted by atomic mass is 35.5. The highest BCUT2D eigenvalue weighted by Gasteiger charge is 2.42. The molecule has 1 N–H and O–H groups in total. The van der Waals surface area contributed by atoms with E-state index in [2.05, 4.69) is 5.32 Å². The predicted molar refractivity (Wildman–Crippen MR) is 96.3 cm³/mol. The molecule has 3 rings (SSSR count). The SMILES string of the molecule is COC(=O)C1=C(C)N([C@@H]2CCS(=O)(=O)C2)C(=O)N[C@@H]1c1ccc(Cl)cc1. The Morgan fingerprint density at radius 2 is 1.96 bits per heavy atom. The van der Waals surface area contributed by atoms with Crippen LogP contribution < -0.4 is 5.32 Å². The number of nitrogens with one attached hydrogen (secondary N) is 1. The second-order valence-corrected chi connectivity index (χ2v) is 9.02. The van der Waals surface area contributed by atoms with Gasteiger partial charge in [0.15, 0.2) is 9.84 Å². The topological polar surface area (TPSA) is 92.8 Å². The molecule has 0 radical (unpaired) electrons. The lowest BCUT2D eigenvalue weighted by Gasteiger charge is -2.38. The molecule has 0 saturated carbocycles. The Labute approximate surface area is 156 Å². The molecule has 26 heavy (non-hydrogen) atoms. The van der Waals surface area contributed by atoms with Crippen LogP contribution in [0, 0.1) is 0 Å². The van der Waals surface area contributed by atoms with E-state index < -0.39 is 33.9 Å². The van der Waals surface area contributed by atoms with Crippen LogP contribution in [-0.4, -0.2) is 50.0 Å². The van der Waals surface area contributed by atoms with Gasteiger partial charge in [0.2, 0.25) is 0 Å². The number of urea groups is 1. The van der Waals surface area contributed by atoms with Gasteiger partial charge in [-0.15, -0.1) is 0 Å². The lowest BCUT2D eigenvalue weighted by Crippen LogP contribution is -2.52. The predicted octanol–water partition coefficient (Wildman–Crippen LogP) is 2.04. The van der Waals surface area contributed by atoms with Gasteiger partial charge >= 0.3 is 12.0 Å². The van der Waals surface area contributed by atoms with Crippen molar-refractivity contribution in [3.8, 4) is 0 Å². The smallest absolute Gasteiger partial charge is 0.337 e. The Morgan fingerprint density at radius 1 is 1.31 bits per heavy atom. The molecule has 9 heteroatoms. The van der Waals surface area contributed by atoms with E-state index in [-0.39, 0.29) is 17.1 Å². The van der Waals surface area contributed by atoms with E-state index in [1.54, 1.807) is 31.2 Å². The summed E-state index contributed by atoms with van der Waals surface area (Å²) in [5.41, 5.74) is 1.36. The molecule has 2 atom stereocenters. The number of allylic oxidation sites excluding steroid dienone is 1. The average Bonchev–Trinajstić information content (AvgIpc) is 2.94. The van der Waals surface area contributed by atoms with Crippen LogP contribution in [0.2, 0.25) is 5.02 Å². The average molecular weight is 399 g/mol. The summed E-state index contributed by atoms with van der Waals surface area (Å²) in [5, 5.41) is 3.33. The fourth-order valence-electron chi connectivity index (χ4n) is 3.46. The van der Waals surface area contributed by atoms with Crippen LogP contribution in [0.15, 0.2) is 35.5 Å². The van der Waals surface area contributed by atoms with E-state index in [9.17, 15) is 18.0 Å².